The first kappa shape index (κ1) is 24.6. The summed E-state index contributed by atoms with van der Waals surface area (Å²) in [5, 5.41) is 28.1. The monoisotopic (exact) mass is 503 g/mol. The van der Waals surface area contributed by atoms with E-state index in [0.717, 1.165) is 5.56 Å². The number of ketones is 1. The number of benzene rings is 2. The maximum atomic E-state index is 13.2. The Morgan fingerprint density at radius 3 is 2.39 bits per heavy atom. The van der Waals surface area contributed by atoms with Gasteiger partial charge in [0, 0.05) is 23.7 Å². The van der Waals surface area contributed by atoms with E-state index in [2.05, 4.69) is 36.7 Å². The summed E-state index contributed by atoms with van der Waals surface area (Å²) in [5.74, 6) is -0.368. The van der Waals surface area contributed by atoms with Crippen LogP contribution in [0.4, 0.5) is 5.82 Å². The molecular weight excluding hydrogens is 482 g/mol. The normalized spacial score (nSPS) is 10.6. The van der Waals surface area contributed by atoms with Gasteiger partial charge in [-0.2, -0.15) is 10.4 Å². The van der Waals surface area contributed by atoms with E-state index in [9.17, 15) is 14.9 Å². The van der Waals surface area contributed by atoms with E-state index < -0.39 is 0 Å². The lowest BCUT2D eigenvalue weighted by Crippen LogP contribution is -2.27. The van der Waals surface area contributed by atoms with Crippen LogP contribution in [0.15, 0.2) is 53.2 Å². The van der Waals surface area contributed by atoms with Crippen molar-refractivity contribution in [3.05, 3.63) is 87.3 Å². The molecule has 0 aliphatic heterocycles. The van der Waals surface area contributed by atoms with E-state index in [-0.39, 0.29) is 28.6 Å². The molecule has 0 aliphatic rings. The molecule has 1 amide bonds. The first-order valence-electron chi connectivity index (χ1n) is 11.1. The van der Waals surface area contributed by atoms with E-state index in [1.54, 1.807) is 43.3 Å². The average molecular weight is 504 g/mol. The van der Waals surface area contributed by atoms with Gasteiger partial charge in [-0.15, -0.1) is 0 Å². The van der Waals surface area contributed by atoms with E-state index in [0.29, 0.717) is 47.3 Å². The van der Waals surface area contributed by atoms with Crippen molar-refractivity contribution in [2.24, 2.45) is 0 Å². The van der Waals surface area contributed by atoms with Crippen molar-refractivity contribution < 1.29 is 14.2 Å². The van der Waals surface area contributed by atoms with Gasteiger partial charge in [-0.05, 0) is 49.7 Å². The summed E-state index contributed by atoms with van der Waals surface area (Å²) in [4.78, 5) is 25.4. The molecule has 11 heteroatoms. The SMILES string of the molecule is Cc1ccc(C(=O)c2nn(-c3ccc(Cl)cc3)c(NCCCNC(=O)c3nonc3C)c2C#N)cc1. The Morgan fingerprint density at radius 2 is 1.75 bits per heavy atom. The molecule has 0 unspecified atom stereocenters. The number of carbonyl (C=O) groups excluding carboxylic acids is 2. The highest BCUT2D eigenvalue weighted by Crippen LogP contribution is 2.26. The number of aryl methyl sites for hydroxylation is 2. The second-order valence-corrected chi connectivity index (χ2v) is 8.44. The zero-order valence-electron chi connectivity index (χ0n) is 19.6. The summed E-state index contributed by atoms with van der Waals surface area (Å²) in [6.07, 6.45) is 0.522. The van der Waals surface area contributed by atoms with Gasteiger partial charge in [0.2, 0.25) is 5.78 Å². The van der Waals surface area contributed by atoms with Crippen LogP contribution in [0.2, 0.25) is 5.02 Å². The number of anilines is 1. The molecule has 2 aromatic carbocycles. The zero-order valence-corrected chi connectivity index (χ0v) is 20.3. The summed E-state index contributed by atoms with van der Waals surface area (Å²) in [6, 6.07) is 16.1. The Balaban J connectivity index is 1.55. The third kappa shape index (κ3) is 5.26. The third-order valence-corrected chi connectivity index (χ3v) is 5.65. The Bertz CT molecular complexity index is 1430. The van der Waals surface area contributed by atoms with Crippen molar-refractivity contribution >= 4 is 29.1 Å². The average Bonchev–Trinajstić information content (AvgIpc) is 3.47. The van der Waals surface area contributed by atoms with Gasteiger partial charge in [0.1, 0.15) is 23.1 Å². The number of nitrogens with zero attached hydrogens (tertiary/aromatic N) is 5. The summed E-state index contributed by atoms with van der Waals surface area (Å²) in [5.41, 5.74) is 2.79. The number of nitrogens with one attached hydrogen (secondary N) is 2. The minimum absolute atomic E-state index is 0.0427. The molecule has 0 saturated heterocycles. The van der Waals surface area contributed by atoms with Crippen LogP contribution in [0.3, 0.4) is 0 Å². The fourth-order valence-corrected chi connectivity index (χ4v) is 3.60. The summed E-state index contributed by atoms with van der Waals surface area (Å²) in [6.45, 7) is 4.29. The highest BCUT2D eigenvalue weighted by Gasteiger charge is 2.25. The molecule has 0 radical (unpaired) electrons. The van der Waals surface area contributed by atoms with Crippen molar-refractivity contribution in [1.82, 2.24) is 25.4 Å². The van der Waals surface area contributed by atoms with Gasteiger partial charge in [-0.25, -0.2) is 9.31 Å². The predicted molar refractivity (Wildman–Crippen MR) is 132 cm³/mol. The zero-order chi connectivity index (χ0) is 25.7. The molecule has 0 bridgehead atoms. The Labute approximate surface area is 211 Å². The molecule has 0 saturated carbocycles. The highest BCUT2D eigenvalue weighted by atomic mass is 35.5. The van der Waals surface area contributed by atoms with Gasteiger partial charge >= 0.3 is 0 Å². The lowest BCUT2D eigenvalue weighted by atomic mass is 10.0. The number of nitriles is 1. The molecule has 2 N–H and O–H groups in total. The standard InChI is InChI=1S/C25H22ClN7O3/c1-15-4-6-17(7-5-15)23(34)22-20(14-27)24(33(30-22)19-10-8-18(26)9-11-19)28-12-3-13-29-25(35)21-16(2)31-36-32-21/h4-11,28H,3,12-13H2,1-2H3,(H,29,35). The Hall–Kier alpha value is -4.49. The van der Waals surface area contributed by atoms with Crippen molar-refractivity contribution in [3.8, 4) is 11.8 Å². The second-order valence-electron chi connectivity index (χ2n) is 8.00. The fraction of sp³-hybridized carbons (Fsp3) is 0.200. The number of hydrogen-bond donors (Lipinski definition) is 2. The molecule has 4 rings (SSSR count). The van der Waals surface area contributed by atoms with Gasteiger partial charge in [0.05, 0.1) is 5.69 Å². The smallest absolute Gasteiger partial charge is 0.275 e. The molecular formula is C25H22ClN7O3. The minimum atomic E-state index is -0.386. The van der Waals surface area contributed by atoms with Crippen LogP contribution in [-0.2, 0) is 0 Å². The predicted octanol–water partition coefficient (Wildman–Crippen LogP) is 3.86. The third-order valence-electron chi connectivity index (χ3n) is 5.40. The lowest BCUT2D eigenvalue weighted by Gasteiger charge is -2.11. The van der Waals surface area contributed by atoms with Crippen molar-refractivity contribution in [2.45, 2.75) is 20.3 Å². The van der Waals surface area contributed by atoms with Gasteiger partial charge < -0.3 is 10.6 Å². The minimum Gasteiger partial charge on any atom is -0.369 e. The maximum Gasteiger partial charge on any atom is 0.275 e. The summed E-state index contributed by atoms with van der Waals surface area (Å²) < 4.78 is 6.06. The number of hydrogen-bond acceptors (Lipinski definition) is 8. The first-order valence-corrected chi connectivity index (χ1v) is 11.5. The van der Waals surface area contributed by atoms with Crippen LogP contribution in [-0.4, -0.2) is 44.9 Å². The molecule has 2 aromatic heterocycles. The molecule has 0 spiro atoms. The van der Waals surface area contributed by atoms with Crippen molar-refractivity contribution in [1.29, 1.82) is 5.26 Å². The molecule has 2 heterocycles. The van der Waals surface area contributed by atoms with Crippen molar-refractivity contribution in [2.75, 3.05) is 18.4 Å². The largest absolute Gasteiger partial charge is 0.369 e. The second kappa shape index (κ2) is 10.8. The fourth-order valence-electron chi connectivity index (χ4n) is 3.48. The van der Waals surface area contributed by atoms with Crippen LogP contribution in [0.25, 0.3) is 5.69 Å². The van der Waals surface area contributed by atoms with Crippen LogP contribution in [0, 0.1) is 25.2 Å². The first-order chi connectivity index (χ1) is 17.4. The van der Waals surface area contributed by atoms with E-state index in [1.165, 1.54) is 4.68 Å². The Kier molecular flexibility index (Phi) is 7.42. The van der Waals surface area contributed by atoms with Crippen molar-refractivity contribution in [3.63, 3.8) is 0 Å². The number of rotatable bonds is 9. The molecule has 36 heavy (non-hydrogen) atoms. The number of aromatic nitrogens is 4. The number of carbonyl (C=O) groups is 2. The maximum absolute atomic E-state index is 13.2. The van der Waals surface area contributed by atoms with Gasteiger partial charge in [0.15, 0.2) is 11.4 Å². The Morgan fingerprint density at radius 1 is 1.03 bits per heavy atom. The van der Waals surface area contributed by atoms with E-state index in [4.69, 9.17) is 11.6 Å². The van der Waals surface area contributed by atoms with Gasteiger partial charge in [-0.3, -0.25) is 9.59 Å². The number of halogens is 1. The highest BCUT2D eigenvalue weighted by molar-refractivity contribution is 6.30. The van der Waals surface area contributed by atoms with Gasteiger partial charge in [-0.1, -0.05) is 46.6 Å². The van der Waals surface area contributed by atoms with Gasteiger partial charge in [0.25, 0.3) is 5.91 Å². The van der Waals surface area contributed by atoms with Crippen LogP contribution in [0.5, 0.6) is 0 Å². The summed E-state index contributed by atoms with van der Waals surface area (Å²) >= 11 is 6.04. The summed E-state index contributed by atoms with van der Waals surface area (Å²) in [7, 11) is 0. The lowest BCUT2D eigenvalue weighted by molar-refractivity contribution is 0.0942. The molecule has 4 aromatic rings. The molecule has 0 fully saturated rings. The van der Waals surface area contributed by atoms with E-state index in [1.807, 2.05) is 19.1 Å². The van der Waals surface area contributed by atoms with Crippen LogP contribution >= 0.6 is 11.6 Å². The molecule has 0 atom stereocenters. The topological polar surface area (TPSA) is 139 Å². The number of amides is 1. The molecule has 182 valence electrons. The molecule has 0 aliphatic carbocycles. The quantitative estimate of drug-likeness (QED) is 0.259. The van der Waals surface area contributed by atoms with Crippen LogP contribution in [0.1, 0.15) is 49.8 Å². The van der Waals surface area contributed by atoms with Crippen LogP contribution < -0.4 is 10.6 Å². The molecule has 10 nitrogen and oxygen atoms in total. The van der Waals surface area contributed by atoms with E-state index >= 15 is 0 Å².